The molecule has 5 heteroatoms. The van der Waals surface area contributed by atoms with E-state index in [4.69, 9.17) is 0 Å². The topological polar surface area (TPSA) is 61.8 Å². The predicted molar refractivity (Wildman–Crippen MR) is 46.5 cm³/mol. The van der Waals surface area contributed by atoms with E-state index in [9.17, 15) is 5.11 Å². The highest BCUT2D eigenvalue weighted by Crippen LogP contribution is 2.45. The molecule has 4 nitrogen and oxygen atoms in total. The maximum Gasteiger partial charge on any atom is 0.167 e. The Morgan fingerprint density at radius 3 is 2.83 bits per heavy atom. The first-order valence-electron chi connectivity index (χ1n) is 3.99. The summed E-state index contributed by atoms with van der Waals surface area (Å²) in [5.41, 5.74) is 0.576. The van der Waals surface area contributed by atoms with E-state index in [-0.39, 0.29) is 5.92 Å². The van der Waals surface area contributed by atoms with Gasteiger partial charge < -0.3 is 5.11 Å². The van der Waals surface area contributed by atoms with Crippen molar-refractivity contribution >= 4 is 15.9 Å². The van der Waals surface area contributed by atoms with Crippen LogP contribution in [-0.2, 0) is 4.51 Å². The van der Waals surface area contributed by atoms with Crippen molar-refractivity contribution in [3.63, 3.8) is 0 Å². The summed E-state index contributed by atoms with van der Waals surface area (Å²) in [4.78, 5) is 0. The summed E-state index contributed by atoms with van der Waals surface area (Å²) in [5, 5.41) is 20.0. The number of aromatic amines is 1. The molecular formula is C7H10BrN3O. The smallest absolute Gasteiger partial charge is 0.167 e. The second-order valence-electron chi connectivity index (χ2n) is 3.16. The summed E-state index contributed by atoms with van der Waals surface area (Å²) >= 11 is 3.28. The van der Waals surface area contributed by atoms with Crippen molar-refractivity contribution in [2.75, 3.05) is 0 Å². The number of hydrogen-bond acceptors (Lipinski definition) is 3. The molecule has 0 saturated heterocycles. The Morgan fingerprint density at radius 2 is 2.42 bits per heavy atom. The van der Waals surface area contributed by atoms with E-state index >= 15 is 0 Å². The lowest BCUT2D eigenvalue weighted by molar-refractivity contribution is 0.0307. The molecule has 66 valence electrons. The Bertz CT molecular complexity index is 256. The van der Waals surface area contributed by atoms with E-state index in [1.807, 2.05) is 0 Å². The first-order valence-corrected chi connectivity index (χ1v) is 4.78. The van der Waals surface area contributed by atoms with Gasteiger partial charge in [0.15, 0.2) is 4.51 Å². The SMILES string of the molecule is OC(Br)(c1cn[nH]n1)C1CCC1. The van der Waals surface area contributed by atoms with Gasteiger partial charge in [-0.1, -0.05) is 6.42 Å². The summed E-state index contributed by atoms with van der Waals surface area (Å²) < 4.78 is -0.974. The van der Waals surface area contributed by atoms with Gasteiger partial charge in [-0.25, -0.2) is 0 Å². The molecule has 0 amide bonds. The van der Waals surface area contributed by atoms with E-state index in [0.29, 0.717) is 5.69 Å². The molecule has 12 heavy (non-hydrogen) atoms. The minimum Gasteiger partial charge on any atom is -0.373 e. The fourth-order valence-electron chi connectivity index (χ4n) is 1.37. The van der Waals surface area contributed by atoms with Gasteiger partial charge in [-0.15, -0.1) is 0 Å². The van der Waals surface area contributed by atoms with E-state index in [1.165, 1.54) is 6.42 Å². The van der Waals surface area contributed by atoms with Gasteiger partial charge in [-0.3, -0.25) is 0 Å². The molecule has 0 bridgehead atoms. The molecule has 1 aromatic heterocycles. The molecule has 1 heterocycles. The van der Waals surface area contributed by atoms with Crippen molar-refractivity contribution in [2.24, 2.45) is 5.92 Å². The predicted octanol–water partition coefficient (Wildman–Crippen LogP) is 1.14. The third kappa shape index (κ3) is 1.17. The van der Waals surface area contributed by atoms with Crippen LogP contribution >= 0.6 is 15.9 Å². The summed E-state index contributed by atoms with van der Waals surface area (Å²) in [6, 6.07) is 0. The molecule has 0 spiro atoms. The molecule has 1 aromatic rings. The maximum absolute atomic E-state index is 9.99. The second-order valence-corrected chi connectivity index (χ2v) is 4.37. The molecule has 1 fully saturated rings. The highest BCUT2D eigenvalue weighted by atomic mass is 79.9. The number of nitrogens with zero attached hydrogens (tertiary/aromatic N) is 2. The molecular weight excluding hydrogens is 222 g/mol. The zero-order valence-electron chi connectivity index (χ0n) is 6.50. The van der Waals surface area contributed by atoms with Crippen LogP contribution in [0.4, 0.5) is 0 Å². The Kier molecular flexibility index (Phi) is 1.92. The zero-order valence-corrected chi connectivity index (χ0v) is 8.08. The Hall–Kier alpha value is -0.420. The minimum atomic E-state index is -0.974. The van der Waals surface area contributed by atoms with Crippen LogP contribution in [0.1, 0.15) is 25.0 Å². The number of hydrogen-bond donors (Lipinski definition) is 2. The molecule has 0 radical (unpaired) electrons. The monoisotopic (exact) mass is 231 g/mol. The number of aromatic nitrogens is 3. The number of rotatable bonds is 2. The van der Waals surface area contributed by atoms with E-state index < -0.39 is 4.51 Å². The quantitative estimate of drug-likeness (QED) is 0.751. The molecule has 1 saturated carbocycles. The number of halogens is 1. The molecule has 0 aromatic carbocycles. The van der Waals surface area contributed by atoms with Crippen LogP contribution in [0.5, 0.6) is 0 Å². The van der Waals surface area contributed by atoms with Crippen LogP contribution in [-0.4, -0.2) is 20.5 Å². The van der Waals surface area contributed by atoms with Crippen molar-refractivity contribution in [1.82, 2.24) is 15.4 Å². The minimum absolute atomic E-state index is 0.280. The van der Waals surface area contributed by atoms with E-state index in [0.717, 1.165) is 12.8 Å². The van der Waals surface area contributed by atoms with E-state index in [2.05, 4.69) is 31.3 Å². The van der Waals surface area contributed by atoms with Crippen molar-refractivity contribution in [3.8, 4) is 0 Å². The third-order valence-electron chi connectivity index (χ3n) is 2.42. The largest absolute Gasteiger partial charge is 0.373 e. The fraction of sp³-hybridized carbons (Fsp3) is 0.714. The molecule has 1 aliphatic rings. The van der Waals surface area contributed by atoms with Crippen LogP contribution < -0.4 is 0 Å². The van der Waals surface area contributed by atoms with Gasteiger partial charge in [0.25, 0.3) is 0 Å². The summed E-state index contributed by atoms with van der Waals surface area (Å²) in [6.45, 7) is 0. The Morgan fingerprint density at radius 1 is 1.67 bits per heavy atom. The number of aliphatic hydroxyl groups is 1. The lowest BCUT2D eigenvalue weighted by Crippen LogP contribution is -2.33. The van der Waals surface area contributed by atoms with Crippen LogP contribution in [0.25, 0.3) is 0 Å². The third-order valence-corrected chi connectivity index (χ3v) is 3.47. The van der Waals surface area contributed by atoms with Gasteiger partial charge in [0.2, 0.25) is 0 Å². The Balaban J connectivity index is 2.19. The zero-order chi connectivity index (χ0) is 8.60. The lowest BCUT2D eigenvalue weighted by Gasteiger charge is -2.35. The first kappa shape index (κ1) is 8.19. The lowest BCUT2D eigenvalue weighted by atomic mass is 9.80. The molecule has 1 atom stereocenters. The second kappa shape index (κ2) is 2.81. The average Bonchev–Trinajstić information content (AvgIpc) is 2.30. The molecule has 2 N–H and O–H groups in total. The normalized spacial score (nSPS) is 23.2. The van der Waals surface area contributed by atoms with Gasteiger partial charge in [0.05, 0.1) is 6.20 Å². The summed E-state index contributed by atoms with van der Waals surface area (Å²) in [7, 11) is 0. The van der Waals surface area contributed by atoms with E-state index in [1.54, 1.807) is 6.20 Å². The molecule has 2 rings (SSSR count). The first-order chi connectivity index (χ1) is 5.71. The Labute approximate surface area is 78.5 Å². The van der Waals surface area contributed by atoms with Crippen molar-refractivity contribution in [2.45, 2.75) is 23.8 Å². The summed E-state index contributed by atoms with van der Waals surface area (Å²) in [5.74, 6) is 0.280. The number of nitrogens with one attached hydrogen (secondary N) is 1. The number of alkyl halides is 1. The standard InChI is InChI=1S/C7H10BrN3O/c8-7(12,5-2-1-3-5)6-4-9-11-10-6/h4-5,12H,1-3H2,(H,9,10,11). The maximum atomic E-state index is 9.99. The van der Waals surface area contributed by atoms with Crippen molar-refractivity contribution < 1.29 is 5.11 Å². The van der Waals surface area contributed by atoms with Crippen LogP contribution in [0.2, 0.25) is 0 Å². The van der Waals surface area contributed by atoms with Gasteiger partial charge in [0, 0.05) is 5.92 Å². The highest BCUT2D eigenvalue weighted by Gasteiger charge is 2.41. The fourth-order valence-corrected chi connectivity index (χ4v) is 2.02. The van der Waals surface area contributed by atoms with Gasteiger partial charge in [-0.2, -0.15) is 15.4 Å². The van der Waals surface area contributed by atoms with Crippen LogP contribution in [0.3, 0.4) is 0 Å². The molecule has 0 aliphatic heterocycles. The van der Waals surface area contributed by atoms with Gasteiger partial charge in [-0.05, 0) is 28.8 Å². The van der Waals surface area contributed by atoms with Crippen LogP contribution in [0.15, 0.2) is 6.20 Å². The summed E-state index contributed by atoms with van der Waals surface area (Å²) in [6.07, 6.45) is 4.84. The highest BCUT2D eigenvalue weighted by molar-refractivity contribution is 9.09. The van der Waals surface area contributed by atoms with Gasteiger partial charge in [0.1, 0.15) is 5.69 Å². The molecule has 1 unspecified atom stereocenters. The van der Waals surface area contributed by atoms with Gasteiger partial charge >= 0.3 is 0 Å². The van der Waals surface area contributed by atoms with Crippen LogP contribution in [0, 0.1) is 5.92 Å². The van der Waals surface area contributed by atoms with Crippen molar-refractivity contribution in [3.05, 3.63) is 11.9 Å². The van der Waals surface area contributed by atoms with Crippen molar-refractivity contribution in [1.29, 1.82) is 0 Å². The average molecular weight is 232 g/mol. The number of H-pyrrole nitrogens is 1. The molecule has 1 aliphatic carbocycles.